The summed E-state index contributed by atoms with van der Waals surface area (Å²) in [7, 11) is 0. The van der Waals surface area contributed by atoms with Crippen molar-refractivity contribution in [3.05, 3.63) is 63.2 Å². The van der Waals surface area contributed by atoms with Gasteiger partial charge < -0.3 is 14.8 Å². The van der Waals surface area contributed by atoms with Gasteiger partial charge in [-0.25, -0.2) is 4.79 Å². The van der Waals surface area contributed by atoms with E-state index in [-0.39, 0.29) is 11.4 Å². The summed E-state index contributed by atoms with van der Waals surface area (Å²) in [5.41, 5.74) is 0.653. The predicted molar refractivity (Wildman–Crippen MR) is 99.0 cm³/mol. The highest BCUT2D eigenvalue weighted by atomic mass is 35.5. The summed E-state index contributed by atoms with van der Waals surface area (Å²) in [6, 6.07) is 10.8. The second-order valence-electron chi connectivity index (χ2n) is 5.62. The van der Waals surface area contributed by atoms with Crippen molar-refractivity contribution in [3.8, 4) is 5.75 Å². The molecule has 0 fully saturated rings. The third kappa shape index (κ3) is 5.68. The average Bonchev–Trinajstić information content (AvgIpc) is 2.62. The van der Waals surface area contributed by atoms with Gasteiger partial charge in [-0.05, 0) is 37.6 Å². The fraction of sp³-hybridized carbons (Fsp3) is 0.222. The molecule has 8 nitrogen and oxygen atoms in total. The van der Waals surface area contributed by atoms with Crippen LogP contribution in [0.4, 0.5) is 11.4 Å². The van der Waals surface area contributed by atoms with Crippen LogP contribution < -0.4 is 10.1 Å². The number of nitrogens with one attached hydrogen (secondary N) is 1. The summed E-state index contributed by atoms with van der Waals surface area (Å²) >= 11 is 5.97. The molecule has 27 heavy (non-hydrogen) atoms. The molecule has 0 aromatic heterocycles. The molecule has 2 aromatic carbocycles. The number of amides is 1. The third-order valence-corrected chi connectivity index (χ3v) is 3.78. The third-order valence-electron chi connectivity index (χ3n) is 3.47. The van der Waals surface area contributed by atoms with Gasteiger partial charge in [0.2, 0.25) is 0 Å². The maximum atomic E-state index is 12.1. The van der Waals surface area contributed by atoms with E-state index >= 15 is 0 Å². The zero-order chi connectivity index (χ0) is 20.0. The molecular formula is C18H17ClN2O6. The van der Waals surface area contributed by atoms with E-state index in [2.05, 4.69) is 5.32 Å². The van der Waals surface area contributed by atoms with Gasteiger partial charge in [0.1, 0.15) is 11.4 Å². The maximum absolute atomic E-state index is 12.1. The van der Waals surface area contributed by atoms with Crippen LogP contribution in [-0.4, -0.2) is 29.5 Å². The van der Waals surface area contributed by atoms with E-state index in [4.69, 9.17) is 21.1 Å². The molecule has 0 heterocycles. The van der Waals surface area contributed by atoms with Crippen LogP contribution in [0.15, 0.2) is 42.5 Å². The number of para-hydroxylation sites is 2. The van der Waals surface area contributed by atoms with Crippen LogP contribution in [0.2, 0.25) is 5.02 Å². The number of nitrogens with zero attached hydrogens (tertiary/aromatic N) is 1. The summed E-state index contributed by atoms with van der Waals surface area (Å²) in [6.07, 6.45) is -1.17. The number of hydrogen-bond donors (Lipinski definition) is 1. The molecule has 1 atom stereocenters. The van der Waals surface area contributed by atoms with Crippen molar-refractivity contribution in [2.24, 2.45) is 0 Å². The van der Waals surface area contributed by atoms with Crippen LogP contribution in [0.1, 0.15) is 12.5 Å². The predicted octanol–water partition coefficient (Wildman–Crippen LogP) is 3.51. The summed E-state index contributed by atoms with van der Waals surface area (Å²) < 4.78 is 10.3. The summed E-state index contributed by atoms with van der Waals surface area (Å²) in [6.45, 7) is 2.75. The molecule has 2 rings (SSSR count). The van der Waals surface area contributed by atoms with Crippen molar-refractivity contribution in [2.45, 2.75) is 20.0 Å². The van der Waals surface area contributed by atoms with Crippen molar-refractivity contribution in [1.82, 2.24) is 0 Å². The fourth-order valence-electron chi connectivity index (χ4n) is 2.12. The first-order valence-electron chi connectivity index (χ1n) is 7.90. The van der Waals surface area contributed by atoms with Gasteiger partial charge >= 0.3 is 5.97 Å². The number of rotatable bonds is 7. The number of esters is 1. The van der Waals surface area contributed by atoms with Gasteiger partial charge in [0, 0.05) is 6.07 Å². The number of carbonyl (C=O) groups excluding carboxylic acids is 2. The first kappa shape index (κ1) is 20.2. The van der Waals surface area contributed by atoms with Gasteiger partial charge in [-0.2, -0.15) is 0 Å². The lowest BCUT2D eigenvalue weighted by atomic mass is 10.2. The average molecular weight is 393 g/mol. The minimum atomic E-state index is -1.17. The van der Waals surface area contributed by atoms with Gasteiger partial charge in [0.05, 0.1) is 9.95 Å². The number of aryl methyl sites for hydroxylation is 1. The lowest BCUT2D eigenvalue weighted by molar-refractivity contribution is -0.383. The molecular weight excluding hydrogens is 376 g/mol. The van der Waals surface area contributed by atoms with E-state index in [9.17, 15) is 19.7 Å². The first-order chi connectivity index (χ1) is 12.8. The van der Waals surface area contributed by atoms with Gasteiger partial charge in [-0.1, -0.05) is 29.8 Å². The second kappa shape index (κ2) is 9.00. The minimum Gasteiger partial charge on any atom is -0.480 e. The topological polar surface area (TPSA) is 108 Å². The Morgan fingerprint density at radius 3 is 2.67 bits per heavy atom. The Hall–Kier alpha value is -3.13. The monoisotopic (exact) mass is 392 g/mol. The Morgan fingerprint density at radius 1 is 1.26 bits per heavy atom. The molecule has 0 radical (unpaired) electrons. The molecule has 2 aromatic rings. The quantitative estimate of drug-likeness (QED) is 0.439. The zero-order valence-electron chi connectivity index (χ0n) is 14.6. The Balaban J connectivity index is 1.91. The first-order valence-corrected chi connectivity index (χ1v) is 8.28. The Morgan fingerprint density at radius 2 is 1.96 bits per heavy atom. The highest BCUT2D eigenvalue weighted by molar-refractivity contribution is 6.32. The number of nitro benzene ring substituents is 1. The molecule has 1 N–H and O–H groups in total. The van der Waals surface area contributed by atoms with Gasteiger partial charge in [-0.3, -0.25) is 14.9 Å². The van der Waals surface area contributed by atoms with E-state index in [1.54, 1.807) is 24.3 Å². The molecule has 1 amide bonds. The van der Waals surface area contributed by atoms with Crippen molar-refractivity contribution in [3.63, 3.8) is 0 Å². The number of ether oxygens (including phenoxy) is 2. The van der Waals surface area contributed by atoms with Crippen LogP contribution in [0.5, 0.6) is 5.75 Å². The summed E-state index contributed by atoms with van der Waals surface area (Å²) in [4.78, 5) is 34.3. The van der Waals surface area contributed by atoms with E-state index in [0.717, 1.165) is 5.56 Å². The van der Waals surface area contributed by atoms with E-state index in [1.165, 1.54) is 25.1 Å². The SMILES string of the molecule is Cc1ccc(Cl)c(OCC(=O)O[C@@H](C)C(=O)Nc2ccccc2[N+](=O)[O-])c1. The fourth-order valence-corrected chi connectivity index (χ4v) is 2.29. The summed E-state index contributed by atoms with van der Waals surface area (Å²) in [5.74, 6) is -1.16. The number of nitro groups is 1. The Kier molecular flexibility index (Phi) is 6.73. The number of carbonyl (C=O) groups is 2. The molecule has 9 heteroatoms. The van der Waals surface area contributed by atoms with Gasteiger partial charge in [0.15, 0.2) is 12.7 Å². The van der Waals surface area contributed by atoms with Crippen LogP contribution in [0.3, 0.4) is 0 Å². The molecule has 0 bridgehead atoms. The zero-order valence-corrected chi connectivity index (χ0v) is 15.4. The van der Waals surface area contributed by atoms with E-state index in [0.29, 0.717) is 10.8 Å². The Bertz CT molecular complexity index is 871. The Labute approximate surface area is 160 Å². The van der Waals surface area contributed by atoms with Crippen molar-refractivity contribution < 1.29 is 24.0 Å². The number of benzene rings is 2. The number of halogens is 1. The molecule has 142 valence electrons. The highest BCUT2D eigenvalue weighted by Crippen LogP contribution is 2.25. The van der Waals surface area contributed by atoms with Crippen molar-refractivity contribution in [1.29, 1.82) is 0 Å². The van der Waals surface area contributed by atoms with E-state index < -0.39 is 29.5 Å². The smallest absolute Gasteiger partial charge is 0.344 e. The second-order valence-corrected chi connectivity index (χ2v) is 6.03. The van der Waals surface area contributed by atoms with Gasteiger partial charge in [-0.15, -0.1) is 0 Å². The molecule has 0 saturated heterocycles. The normalized spacial score (nSPS) is 11.4. The minimum absolute atomic E-state index is 0.0122. The van der Waals surface area contributed by atoms with Crippen LogP contribution >= 0.6 is 11.6 Å². The van der Waals surface area contributed by atoms with Crippen LogP contribution in [0, 0.1) is 17.0 Å². The number of anilines is 1. The van der Waals surface area contributed by atoms with E-state index in [1.807, 2.05) is 6.92 Å². The van der Waals surface area contributed by atoms with Crippen molar-refractivity contribution >= 4 is 34.9 Å². The van der Waals surface area contributed by atoms with Gasteiger partial charge in [0.25, 0.3) is 11.6 Å². The molecule has 0 saturated carbocycles. The van der Waals surface area contributed by atoms with Crippen LogP contribution in [-0.2, 0) is 14.3 Å². The lowest BCUT2D eigenvalue weighted by Gasteiger charge is -2.14. The number of hydrogen-bond acceptors (Lipinski definition) is 6. The van der Waals surface area contributed by atoms with Crippen LogP contribution in [0.25, 0.3) is 0 Å². The molecule has 0 aliphatic carbocycles. The highest BCUT2D eigenvalue weighted by Gasteiger charge is 2.22. The molecule has 0 aliphatic rings. The van der Waals surface area contributed by atoms with Crippen molar-refractivity contribution in [2.75, 3.05) is 11.9 Å². The maximum Gasteiger partial charge on any atom is 0.344 e. The standard InChI is InChI=1S/C18H17ClN2O6/c1-11-7-8-13(19)16(9-11)26-10-17(22)27-12(2)18(23)20-14-5-3-4-6-15(14)21(24)25/h3-9,12H,10H2,1-2H3,(H,20,23)/t12-/m0/s1. The summed E-state index contributed by atoms with van der Waals surface area (Å²) in [5, 5.41) is 13.7. The molecule has 0 unspecified atom stereocenters. The largest absolute Gasteiger partial charge is 0.480 e. The lowest BCUT2D eigenvalue weighted by Crippen LogP contribution is -2.31. The molecule has 0 spiro atoms. The molecule has 0 aliphatic heterocycles.